The first-order valence-electron chi connectivity index (χ1n) is 12.7. The lowest BCUT2D eigenvalue weighted by molar-refractivity contribution is 0.0955. The normalized spacial score (nSPS) is 11.2. The van der Waals surface area contributed by atoms with Crippen LogP contribution in [0.5, 0.6) is 0 Å². The Hall–Kier alpha value is -4.72. The van der Waals surface area contributed by atoms with Crippen LogP contribution in [0, 0.1) is 0 Å². The second-order valence-corrected chi connectivity index (χ2v) is 10.5. The third-order valence-corrected chi connectivity index (χ3v) is 7.44. The lowest BCUT2D eigenvalue weighted by atomic mass is 10.1. The van der Waals surface area contributed by atoms with Gasteiger partial charge < -0.3 is 9.88 Å². The Morgan fingerprint density at radius 2 is 1.68 bits per heavy atom. The maximum Gasteiger partial charge on any atom is 0.271 e. The molecule has 196 valence electrons. The van der Waals surface area contributed by atoms with Crippen LogP contribution in [-0.4, -0.2) is 21.7 Å². The number of amides is 1. The number of rotatable bonds is 8. The van der Waals surface area contributed by atoms with Gasteiger partial charge in [-0.2, -0.15) is 5.10 Å². The minimum Gasteiger partial charge on any atom is -0.342 e. The molecule has 2 aromatic heterocycles. The van der Waals surface area contributed by atoms with Crippen LogP contribution in [-0.2, 0) is 6.54 Å². The third kappa shape index (κ3) is 5.81. The van der Waals surface area contributed by atoms with Crippen LogP contribution < -0.4 is 10.7 Å². The van der Waals surface area contributed by atoms with Gasteiger partial charge in [0.2, 0.25) is 0 Å². The Morgan fingerprint density at radius 1 is 0.925 bits per heavy atom. The zero-order chi connectivity index (χ0) is 27.3. The minimum atomic E-state index is -0.279. The van der Waals surface area contributed by atoms with Gasteiger partial charge in [-0.1, -0.05) is 72.3 Å². The Bertz CT molecular complexity index is 1790. The van der Waals surface area contributed by atoms with Crippen molar-refractivity contribution in [1.29, 1.82) is 0 Å². The van der Waals surface area contributed by atoms with Crippen molar-refractivity contribution in [2.45, 2.75) is 6.54 Å². The van der Waals surface area contributed by atoms with Crippen LogP contribution in [0.4, 0.5) is 10.8 Å². The fourth-order valence-corrected chi connectivity index (χ4v) is 5.29. The molecule has 0 spiro atoms. The van der Waals surface area contributed by atoms with E-state index in [1.165, 1.54) is 16.9 Å². The summed E-state index contributed by atoms with van der Waals surface area (Å²) >= 11 is 7.47. The SMILES string of the molecule is O=C(N/N=C\c1cn(Cc2ccccc2)c2ccccc12)c1ccc(-c2csc(Nc3ccc(Cl)cc3)n2)cc1. The van der Waals surface area contributed by atoms with Gasteiger partial charge in [-0.3, -0.25) is 4.79 Å². The van der Waals surface area contributed by atoms with Crippen LogP contribution in [0.2, 0.25) is 5.02 Å². The summed E-state index contributed by atoms with van der Waals surface area (Å²) in [7, 11) is 0. The molecule has 8 heteroatoms. The fraction of sp³-hybridized carbons (Fsp3) is 0.0312. The van der Waals surface area contributed by atoms with Gasteiger partial charge in [-0.05, 0) is 48.0 Å². The summed E-state index contributed by atoms with van der Waals surface area (Å²) in [6, 6.07) is 33.3. The van der Waals surface area contributed by atoms with Crippen molar-refractivity contribution in [1.82, 2.24) is 15.0 Å². The summed E-state index contributed by atoms with van der Waals surface area (Å²) in [5.74, 6) is -0.279. The molecule has 0 saturated heterocycles. The van der Waals surface area contributed by atoms with Gasteiger partial charge in [0.25, 0.3) is 5.91 Å². The summed E-state index contributed by atoms with van der Waals surface area (Å²) in [5, 5.41) is 12.1. The molecule has 6 rings (SSSR count). The number of benzene rings is 4. The van der Waals surface area contributed by atoms with E-state index in [1.54, 1.807) is 18.3 Å². The highest BCUT2D eigenvalue weighted by atomic mass is 35.5. The van der Waals surface area contributed by atoms with E-state index in [-0.39, 0.29) is 5.91 Å². The van der Waals surface area contributed by atoms with Gasteiger partial charge in [0.05, 0.1) is 11.9 Å². The van der Waals surface area contributed by atoms with Gasteiger partial charge >= 0.3 is 0 Å². The van der Waals surface area contributed by atoms with E-state index >= 15 is 0 Å². The van der Waals surface area contributed by atoms with Crippen molar-refractivity contribution in [3.05, 3.63) is 136 Å². The average Bonchev–Trinajstić information content (AvgIpc) is 3.60. The third-order valence-electron chi connectivity index (χ3n) is 6.43. The number of nitrogens with zero attached hydrogens (tertiary/aromatic N) is 3. The molecule has 0 fully saturated rings. The smallest absolute Gasteiger partial charge is 0.271 e. The van der Waals surface area contributed by atoms with E-state index in [2.05, 4.69) is 55.9 Å². The van der Waals surface area contributed by atoms with E-state index in [4.69, 9.17) is 11.6 Å². The number of anilines is 2. The van der Waals surface area contributed by atoms with Gasteiger partial charge in [0.15, 0.2) is 5.13 Å². The van der Waals surface area contributed by atoms with E-state index in [9.17, 15) is 4.79 Å². The number of fused-ring (bicyclic) bond motifs is 1. The Morgan fingerprint density at radius 3 is 2.48 bits per heavy atom. The molecule has 40 heavy (non-hydrogen) atoms. The van der Waals surface area contributed by atoms with Crippen LogP contribution in [0.15, 0.2) is 120 Å². The highest BCUT2D eigenvalue weighted by Crippen LogP contribution is 2.28. The minimum absolute atomic E-state index is 0.279. The van der Waals surface area contributed by atoms with Gasteiger partial charge in [0.1, 0.15) is 0 Å². The maximum atomic E-state index is 12.8. The highest BCUT2D eigenvalue weighted by Gasteiger charge is 2.10. The molecule has 1 amide bonds. The maximum absolute atomic E-state index is 12.8. The lowest BCUT2D eigenvalue weighted by Crippen LogP contribution is -2.17. The molecule has 6 nitrogen and oxygen atoms in total. The fourth-order valence-electron chi connectivity index (χ4n) is 4.43. The molecule has 0 unspecified atom stereocenters. The number of nitrogens with one attached hydrogen (secondary N) is 2. The number of halogens is 1. The topological polar surface area (TPSA) is 71.3 Å². The summed E-state index contributed by atoms with van der Waals surface area (Å²) in [4.78, 5) is 17.4. The number of para-hydroxylation sites is 1. The van der Waals surface area contributed by atoms with Crippen molar-refractivity contribution in [2.24, 2.45) is 5.10 Å². The van der Waals surface area contributed by atoms with E-state index in [1.807, 2.05) is 72.1 Å². The zero-order valence-electron chi connectivity index (χ0n) is 21.3. The number of carbonyl (C=O) groups excluding carboxylic acids is 1. The standard InChI is InChI=1S/C32H24ClN5OS/c33-26-14-16-27(17-15-26)35-32-36-29(21-40-32)23-10-12-24(13-11-23)31(39)37-34-18-25-20-38(19-22-6-2-1-3-7-22)30-9-5-4-8-28(25)30/h1-18,20-21H,19H2,(H,35,36)(H,37,39)/b34-18-. The monoisotopic (exact) mass is 561 g/mol. The number of thiazole rings is 1. The summed E-state index contributed by atoms with van der Waals surface area (Å²) in [6.07, 6.45) is 3.76. The highest BCUT2D eigenvalue weighted by molar-refractivity contribution is 7.14. The second-order valence-electron chi connectivity index (χ2n) is 9.16. The van der Waals surface area contributed by atoms with E-state index in [0.717, 1.165) is 45.1 Å². The van der Waals surface area contributed by atoms with Crippen molar-refractivity contribution in [3.8, 4) is 11.3 Å². The van der Waals surface area contributed by atoms with Gasteiger partial charge in [-0.15, -0.1) is 11.3 Å². The quantitative estimate of drug-likeness (QED) is 0.146. The average molecular weight is 562 g/mol. The first-order valence-corrected chi connectivity index (χ1v) is 13.9. The van der Waals surface area contributed by atoms with Crippen LogP contribution in [0.1, 0.15) is 21.5 Å². The largest absolute Gasteiger partial charge is 0.342 e. The van der Waals surface area contributed by atoms with Crippen molar-refractivity contribution >= 4 is 56.8 Å². The van der Waals surface area contributed by atoms with Crippen molar-refractivity contribution in [3.63, 3.8) is 0 Å². The molecule has 0 bridgehead atoms. The van der Waals surface area contributed by atoms with E-state index in [0.29, 0.717) is 10.6 Å². The molecule has 0 aliphatic rings. The molecule has 6 aromatic rings. The Labute approximate surface area is 240 Å². The predicted molar refractivity (Wildman–Crippen MR) is 165 cm³/mol. The Kier molecular flexibility index (Phi) is 7.39. The molecule has 0 aliphatic carbocycles. The van der Waals surface area contributed by atoms with Crippen LogP contribution >= 0.6 is 22.9 Å². The predicted octanol–water partition coefficient (Wildman–Crippen LogP) is 7.97. The Balaban J connectivity index is 1.11. The molecule has 0 radical (unpaired) electrons. The first-order chi connectivity index (χ1) is 19.6. The molecule has 2 N–H and O–H groups in total. The molecule has 0 aliphatic heterocycles. The number of carbonyl (C=O) groups is 1. The van der Waals surface area contributed by atoms with Crippen LogP contribution in [0.3, 0.4) is 0 Å². The van der Waals surface area contributed by atoms with Gasteiger partial charge in [-0.25, -0.2) is 10.4 Å². The molecule has 4 aromatic carbocycles. The van der Waals surface area contributed by atoms with E-state index < -0.39 is 0 Å². The number of aromatic nitrogens is 2. The summed E-state index contributed by atoms with van der Waals surface area (Å²) in [6.45, 7) is 0.756. The molecule has 0 saturated carbocycles. The molecular weight excluding hydrogens is 538 g/mol. The van der Waals surface area contributed by atoms with Crippen LogP contribution in [0.25, 0.3) is 22.2 Å². The lowest BCUT2D eigenvalue weighted by Gasteiger charge is -2.05. The zero-order valence-corrected chi connectivity index (χ0v) is 22.9. The molecule has 2 heterocycles. The van der Waals surface area contributed by atoms with Crippen molar-refractivity contribution in [2.75, 3.05) is 5.32 Å². The second kappa shape index (κ2) is 11.6. The first kappa shape index (κ1) is 25.6. The molecular formula is C32H24ClN5OS. The number of hydrazone groups is 1. The summed E-state index contributed by atoms with van der Waals surface area (Å²) in [5.41, 5.74) is 9.11. The summed E-state index contributed by atoms with van der Waals surface area (Å²) < 4.78 is 2.20. The number of hydrogen-bond donors (Lipinski definition) is 2. The van der Waals surface area contributed by atoms with Gasteiger partial charge in [0, 0.05) is 56.4 Å². The van der Waals surface area contributed by atoms with Crippen molar-refractivity contribution < 1.29 is 4.79 Å². The number of hydrogen-bond acceptors (Lipinski definition) is 5. The molecule has 0 atom stereocenters.